The van der Waals surface area contributed by atoms with E-state index in [-0.39, 0.29) is 11.7 Å². The highest BCUT2D eigenvalue weighted by atomic mass is 35.5. The summed E-state index contributed by atoms with van der Waals surface area (Å²) in [6.45, 7) is 1.54. The highest BCUT2D eigenvalue weighted by Gasteiger charge is 2.18. The average molecular weight is 400 g/mol. The van der Waals surface area contributed by atoms with Gasteiger partial charge in [-0.05, 0) is 43.3 Å². The molecule has 0 spiro atoms. The van der Waals surface area contributed by atoms with Crippen LogP contribution in [0.4, 0.5) is 5.69 Å². The topological polar surface area (TPSA) is 64.6 Å². The number of halogens is 1. The lowest BCUT2D eigenvalue weighted by Gasteiger charge is -2.13. The lowest BCUT2D eigenvalue weighted by atomic mass is 10.3. The molecule has 0 aliphatic carbocycles. The molecule has 0 aliphatic rings. The Morgan fingerprint density at radius 3 is 2.56 bits per heavy atom. The first kappa shape index (κ1) is 19.6. The summed E-state index contributed by atoms with van der Waals surface area (Å²) in [5.41, 5.74) is 0.609. The molecule has 1 aromatic heterocycles. The van der Waals surface area contributed by atoms with Crippen molar-refractivity contribution in [3.05, 3.63) is 45.6 Å². The highest BCUT2D eigenvalue weighted by molar-refractivity contribution is 7.99. The van der Waals surface area contributed by atoms with Gasteiger partial charge >= 0.3 is 5.97 Å². The third-order valence-electron chi connectivity index (χ3n) is 3.13. The molecule has 5 nitrogen and oxygen atoms in total. The van der Waals surface area contributed by atoms with Gasteiger partial charge in [-0.1, -0.05) is 11.6 Å². The van der Waals surface area contributed by atoms with E-state index in [1.807, 2.05) is 12.1 Å². The second kappa shape index (κ2) is 9.70. The minimum absolute atomic E-state index is 0.176. The van der Waals surface area contributed by atoms with E-state index in [1.165, 1.54) is 23.1 Å². The Morgan fingerprint density at radius 2 is 1.96 bits per heavy atom. The van der Waals surface area contributed by atoms with Crippen molar-refractivity contribution in [1.82, 2.24) is 0 Å². The molecule has 2 rings (SSSR count). The van der Waals surface area contributed by atoms with Gasteiger partial charge in [0.15, 0.2) is 6.10 Å². The third kappa shape index (κ3) is 6.61. The molecule has 0 unspecified atom stereocenters. The number of hydrogen-bond donors (Lipinski definition) is 1. The summed E-state index contributed by atoms with van der Waals surface area (Å²) >= 11 is 8.76. The number of methoxy groups -OCH3 is 1. The molecule has 0 aliphatic heterocycles. The number of carbonyl (C=O) groups excluding carboxylic acids is 2. The van der Waals surface area contributed by atoms with Crippen LogP contribution in [0.5, 0.6) is 5.75 Å². The van der Waals surface area contributed by atoms with Gasteiger partial charge in [-0.2, -0.15) is 0 Å². The van der Waals surface area contributed by atoms with E-state index in [0.29, 0.717) is 17.2 Å². The van der Waals surface area contributed by atoms with Gasteiger partial charge in [0.25, 0.3) is 5.91 Å². The second-order valence-corrected chi connectivity index (χ2v) is 7.83. The molecule has 1 amide bonds. The summed E-state index contributed by atoms with van der Waals surface area (Å²) < 4.78 is 10.9. The van der Waals surface area contributed by atoms with Crippen LogP contribution in [0.2, 0.25) is 4.34 Å². The van der Waals surface area contributed by atoms with Crippen molar-refractivity contribution in [3.8, 4) is 5.75 Å². The van der Waals surface area contributed by atoms with E-state index < -0.39 is 12.1 Å². The van der Waals surface area contributed by atoms with Crippen LogP contribution < -0.4 is 10.1 Å². The Kier molecular flexibility index (Phi) is 7.61. The largest absolute Gasteiger partial charge is 0.497 e. The second-order valence-electron chi connectivity index (χ2n) is 5.05. The number of esters is 1. The van der Waals surface area contributed by atoms with Crippen LogP contribution in [-0.4, -0.2) is 30.8 Å². The third-order valence-corrected chi connectivity index (χ3v) is 5.50. The predicted octanol–water partition coefficient (Wildman–Crippen LogP) is 4.21. The summed E-state index contributed by atoms with van der Waals surface area (Å²) in [5, 5.41) is 2.69. The Balaban J connectivity index is 1.72. The SMILES string of the molecule is COc1ccc(NC(=O)[C@H](C)OC(=O)CSCc2ccc(Cl)s2)cc1. The van der Waals surface area contributed by atoms with Crippen molar-refractivity contribution in [1.29, 1.82) is 0 Å². The molecule has 0 radical (unpaired) electrons. The quantitative estimate of drug-likeness (QED) is 0.673. The first-order chi connectivity index (χ1) is 12.0. The number of carbonyl (C=O) groups is 2. The van der Waals surface area contributed by atoms with Gasteiger partial charge < -0.3 is 14.8 Å². The van der Waals surface area contributed by atoms with E-state index >= 15 is 0 Å². The monoisotopic (exact) mass is 399 g/mol. The smallest absolute Gasteiger partial charge is 0.316 e. The first-order valence-electron chi connectivity index (χ1n) is 7.44. The van der Waals surface area contributed by atoms with Crippen LogP contribution in [0.1, 0.15) is 11.8 Å². The molecular formula is C17H18ClNO4S2. The highest BCUT2D eigenvalue weighted by Crippen LogP contribution is 2.25. The first-order valence-corrected chi connectivity index (χ1v) is 9.79. The summed E-state index contributed by atoms with van der Waals surface area (Å²) in [4.78, 5) is 25.0. The van der Waals surface area contributed by atoms with Gasteiger partial charge in [-0.3, -0.25) is 9.59 Å². The Bertz CT molecular complexity index is 718. The standard InChI is InChI=1S/C17H18ClNO4S2/c1-11(17(21)19-12-3-5-13(22-2)6-4-12)23-16(20)10-24-9-14-7-8-15(18)25-14/h3-8,11H,9-10H2,1-2H3,(H,19,21)/t11-/m0/s1. The number of hydrogen-bond acceptors (Lipinski definition) is 6. The zero-order chi connectivity index (χ0) is 18.2. The van der Waals surface area contributed by atoms with Crippen LogP contribution in [0, 0.1) is 0 Å². The van der Waals surface area contributed by atoms with Crippen molar-refractivity contribution >= 4 is 52.3 Å². The number of amides is 1. The zero-order valence-electron chi connectivity index (χ0n) is 13.8. The van der Waals surface area contributed by atoms with Crippen molar-refractivity contribution in [2.24, 2.45) is 0 Å². The Morgan fingerprint density at radius 1 is 1.24 bits per heavy atom. The average Bonchev–Trinajstić information content (AvgIpc) is 3.00. The van der Waals surface area contributed by atoms with Gasteiger partial charge in [-0.15, -0.1) is 23.1 Å². The maximum absolute atomic E-state index is 12.1. The van der Waals surface area contributed by atoms with Crippen molar-refractivity contribution in [3.63, 3.8) is 0 Å². The van der Waals surface area contributed by atoms with Gasteiger partial charge in [0.2, 0.25) is 0 Å². The lowest BCUT2D eigenvalue weighted by Crippen LogP contribution is -2.30. The van der Waals surface area contributed by atoms with Crippen molar-refractivity contribution < 1.29 is 19.1 Å². The lowest BCUT2D eigenvalue weighted by molar-refractivity contribution is -0.150. The molecule has 1 heterocycles. The summed E-state index contributed by atoms with van der Waals surface area (Å²) in [6, 6.07) is 10.7. The fourth-order valence-electron chi connectivity index (χ4n) is 1.87. The number of benzene rings is 1. The molecule has 0 saturated carbocycles. The Hall–Kier alpha value is -1.70. The summed E-state index contributed by atoms with van der Waals surface area (Å²) in [6.07, 6.45) is -0.869. The van der Waals surface area contributed by atoms with Crippen molar-refractivity contribution in [2.75, 3.05) is 18.2 Å². The summed E-state index contributed by atoms with van der Waals surface area (Å²) in [7, 11) is 1.57. The number of ether oxygens (including phenoxy) is 2. The minimum atomic E-state index is -0.869. The fourth-order valence-corrected chi connectivity index (χ4v) is 3.87. The molecule has 25 heavy (non-hydrogen) atoms. The Labute approximate surface area is 159 Å². The van der Waals surface area contributed by atoms with Gasteiger partial charge in [0.05, 0.1) is 17.2 Å². The number of nitrogens with one attached hydrogen (secondary N) is 1. The molecule has 0 saturated heterocycles. The minimum Gasteiger partial charge on any atom is -0.497 e. The van der Waals surface area contributed by atoms with Crippen LogP contribution in [0.25, 0.3) is 0 Å². The molecule has 1 N–H and O–H groups in total. The number of rotatable bonds is 8. The molecule has 0 fully saturated rings. The van der Waals surface area contributed by atoms with E-state index in [2.05, 4.69) is 5.32 Å². The number of anilines is 1. The number of thioether (sulfide) groups is 1. The van der Waals surface area contributed by atoms with Gasteiger partial charge in [0, 0.05) is 16.3 Å². The van der Waals surface area contributed by atoms with Crippen LogP contribution in [0.15, 0.2) is 36.4 Å². The number of thiophene rings is 1. The van der Waals surface area contributed by atoms with E-state index in [1.54, 1.807) is 38.3 Å². The molecule has 8 heteroatoms. The zero-order valence-corrected chi connectivity index (χ0v) is 16.2. The van der Waals surface area contributed by atoms with Gasteiger partial charge in [0.1, 0.15) is 5.75 Å². The van der Waals surface area contributed by atoms with E-state index in [9.17, 15) is 9.59 Å². The van der Waals surface area contributed by atoms with Crippen molar-refractivity contribution in [2.45, 2.75) is 18.8 Å². The van der Waals surface area contributed by atoms with Crippen LogP contribution >= 0.6 is 34.7 Å². The molecule has 0 bridgehead atoms. The molecule has 1 aromatic carbocycles. The molecular weight excluding hydrogens is 382 g/mol. The van der Waals surface area contributed by atoms with Crippen LogP contribution in [-0.2, 0) is 20.1 Å². The maximum Gasteiger partial charge on any atom is 0.316 e. The van der Waals surface area contributed by atoms with Crippen LogP contribution in [0.3, 0.4) is 0 Å². The summed E-state index contributed by atoms with van der Waals surface area (Å²) in [5.74, 6) is 0.745. The molecule has 2 aromatic rings. The fraction of sp³-hybridized carbons (Fsp3) is 0.294. The molecule has 1 atom stereocenters. The van der Waals surface area contributed by atoms with E-state index in [4.69, 9.17) is 21.1 Å². The molecule has 134 valence electrons. The normalized spacial score (nSPS) is 11.6. The van der Waals surface area contributed by atoms with E-state index in [0.717, 1.165) is 9.21 Å². The predicted molar refractivity (Wildman–Crippen MR) is 103 cm³/mol. The maximum atomic E-state index is 12.1. The van der Waals surface area contributed by atoms with Gasteiger partial charge in [-0.25, -0.2) is 0 Å².